The summed E-state index contributed by atoms with van der Waals surface area (Å²) >= 11 is 0. The normalized spacial score (nSPS) is 12.7. The number of nitrogens with zero attached hydrogens (tertiary/aromatic N) is 1. The van der Waals surface area contributed by atoms with Gasteiger partial charge in [0, 0.05) is 18.5 Å². The number of hydrogen-bond donors (Lipinski definition) is 0. The van der Waals surface area contributed by atoms with E-state index >= 15 is 0 Å². The summed E-state index contributed by atoms with van der Waals surface area (Å²) in [5.74, 6) is 0.378. The Bertz CT molecular complexity index is 234. The molecule has 0 N–H and O–H groups in total. The minimum Gasteiger partial charge on any atom is -0.337 e. The Morgan fingerprint density at radius 1 is 0.850 bits per heavy atom. The monoisotopic (exact) mass is 283 g/mol. The summed E-state index contributed by atoms with van der Waals surface area (Å²) in [5.41, 5.74) is 0. The van der Waals surface area contributed by atoms with Gasteiger partial charge in [-0.1, -0.05) is 59.8 Å². The van der Waals surface area contributed by atoms with Gasteiger partial charge in [0.15, 0.2) is 0 Å². The summed E-state index contributed by atoms with van der Waals surface area (Å²) in [6, 6.07) is 0.865. The fourth-order valence-corrected chi connectivity index (χ4v) is 3.07. The van der Waals surface area contributed by atoms with Crippen molar-refractivity contribution in [1.82, 2.24) is 4.90 Å². The van der Waals surface area contributed by atoms with Gasteiger partial charge < -0.3 is 4.90 Å². The molecule has 0 aromatic rings. The van der Waals surface area contributed by atoms with Gasteiger partial charge in [-0.25, -0.2) is 0 Å². The maximum Gasteiger partial charge on any atom is 0.223 e. The van der Waals surface area contributed by atoms with Gasteiger partial charge in [-0.2, -0.15) is 0 Å². The molecule has 0 saturated carbocycles. The standard InChI is InChI=1S/C18H37NO/c1-6-10-11-15-16(5)19(18(20)14-9-4)17(12-7-2)13-8-3/h16-17H,6-15H2,1-5H3. The maximum atomic E-state index is 12.5. The maximum absolute atomic E-state index is 12.5. The Kier molecular flexibility index (Phi) is 11.9. The lowest BCUT2D eigenvalue weighted by molar-refractivity contribution is -0.136. The zero-order chi connectivity index (χ0) is 15.4. The van der Waals surface area contributed by atoms with Gasteiger partial charge in [0.1, 0.15) is 0 Å². The van der Waals surface area contributed by atoms with E-state index in [1.165, 1.54) is 32.1 Å². The van der Waals surface area contributed by atoms with Crippen LogP contribution in [0.25, 0.3) is 0 Å². The molecule has 2 heteroatoms. The van der Waals surface area contributed by atoms with Crippen LogP contribution >= 0.6 is 0 Å². The van der Waals surface area contributed by atoms with Crippen LogP contribution in [0.1, 0.15) is 98.8 Å². The molecule has 0 spiro atoms. The Labute approximate surface area is 127 Å². The number of hydrogen-bond acceptors (Lipinski definition) is 1. The molecule has 1 unspecified atom stereocenters. The van der Waals surface area contributed by atoms with Crippen molar-refractivity contribution in [3.63, 3.8) is 0 Å². The van der Waals surface area contributed by atoms with E-state index in [0.717, 1.165) is 25.7 Å². The largest absolute Gasteiger partial charge is 0.337 e. The summed E-state index contributed by atoms with van der Waals surface area (Å²) in [6.07, 6.45) is 11.3. The van der Waals surface area contributed by atoms with Gasteiger partial charge in [0.25, 0.3) is 0 Å². The topological polar surface area (TPSA) is 20.3 Å². The third-order valence-corrected chi connectivity index (χ3v) is 4.09. The van der Waals surface area contributed by atoms with E-state index in [2.05, 4.69) is 39.5 Å². The summed E-state index contributed by atoms with van der Waals surface area (Å²) in [7, 11) is 0. The third kappa shape index (κ3) is 7.31. The second kappa shape index (κ2) is 12.2. The molecule has 0 bridgehead atoms. The van der Waals surface area contributed by atoms with Crippen molar-refractivity contribution in [2.24, 2.45) is 0 Å². The SMILES string of the molecule is CCCCCC(C)N(C(=O)CCC)C(CCC)CCC. The van der Waals surface area contributed by atoms with Crippen LogP contribution in [0, 0.1) is 0 Å². The lowest BCUT2D eigenvalue weighted by atomic mass is 9.99. The molecular formula is C18H37NO. The first-order chi connectivity index (χ1) is 9.62. The number of rotatable bonds is 12. The van der Waals surface area contributed by atoms with Crippen LogP contribution in [0.3, 0.4) is 0 Å². The van der Waals surface area contributed by atoms with Gasteiger partial charge in [0.2, 0.25) is 5.91 Å². The molecule has 0 radical (unpaired) electrons. The van der Waals surface area contributed by atoms with Crippen LogP contribution in [0.5, 0.6) is 0 Å². The number of unbranched alkanes of at least 4 members (excludes halogenated alkanes) is 2. The van der Waals surface area contributed by atoms with Gasteiger partial charge in [0.05, 0.1) is 0 Å². The molecule has 0 aliphatic rings. The summed E-state index contributed by atoms with van der Waals surface area (Å²) in [4.78, 5) is 14.8. The van der Waals surface area contributed by atoms with E-state index in [0.29, 0.717) is 24.4 Å². The molecule has 120 valence electrons. The molecule has 1 atom stereocenters. The highest BCUT2D eigenvalue weighted by Gasteiger charge is 2.26. The Balaban J connectivity index is 4.78. The highest BCUT2D eigenvalue weighted by Crippen LogP contribution is 2.21. The first kappa shape index (κ1) is 19.5. The van der Waals surface area contributed by atoms with Crippen molar-refractivity contribution in [3.05, 3.63) is 0 Å². The molecule has 0 aromatic heterocycles. The van der Waals surface area contributed by atoms with Crippen molar-refractivity contribution >= 4 is 5.91 Å². The van der Waals surface area contributed by atoms with E-state index in [1.807, 2.05) is 0 Å². The molecule has 0 saturated heterocycles. The third-order valence-electron chi connectivity index (χ3n) is 4.09. The Morgan fingerprint density at radius 2 is 1.45 bits per heavy atom. The Hall–Kier alpha value is -0.530. The molecule has 0 aromatic carbocycles. The first-order valence-electron chi connectivity index (χ1n) is 8.93. The van der Waals surface area contributed by atoms with Gasteiger partial charge in [-0.05, 0) is 32.6 Å². The minimum atomic E-state index is 0.378. The molecule has 0 fully saturated rings. The fraction of sp³-hybridized carbons (Fsp3) is 0.944. The van der Waals surface area contributed by atoms with Crippen molar-refractivity contribution in [1.29, 1.82) is 0 Å². The van der Waals surface area contributed by atoms with Gasteiger partial charge in [-0.3, -0.25) is 4.79 Å². The highest BCUT2D eigenvalue weighted by molar-refractivity contribution is 5.76. The molecule has 0 aliphatic carbocycles. The summed E-state index contributed by atoms with van der Waals surface area (Å²) in [6.45, 7) is 11.1. The molecule has 2 nitrogen and oxygen atoms in total. The molecular weight excluding hydrogens is 246 g/mol. The van der Waals surface area contributed by atoms with Crippen molar-refractivity contribution in [2.45, 2.75) is 111 Å². The average Bonchev–Trinajstić information content (AvgIpc) is 2.40. The molecule has 0 aliphatic heterocycles. The second-order valence-corrected chi connectivity index (χ2v) is 6.13. The van der Waals surface area contributed by atoms with Gasteiger partial charge in [-0.15, -0.1) is 0 Å². The highest BCUT2D eigenvalue weighted by atomic mass is 16.2. The first-order valence-corrected chi connectivity index (χ1v) is 8.93. The molecule has 0 rings (SSSR count). The van der Waals surface area contributed by atoms with Crippen molar-refractivity contribution < 1.29 is 4.79 Å². The van der Waals surface area contributed by atoms with Crippen LogP contribution in [-0.4, -0.2) is 22.9 Å². The second-order valence-electron chi connectivity index (χ2n) is 6.13. The zero-order valence-corrected chi connectivity index (χ0v) is 14.6. The van der Waals surface area contributed by atoms with Gasteiger partial charge >= 0.3 is 0 Å². The van der Waals surface area contributed by atoms with Crippen LogP contribution < -0.4 is 0 Å². The van der Waals surface area contributed by atoms with Crippen LogP contribution in [0.4, 0.5) is 0 Å². The smallest absolute Gasteiger partial charge is 0.223 e. The quantitative estimate of drug-likeness (QED) is 0.430. The molecule has 0 heterocycles. The Morgan fingerprint density at radius 3 is 1.90 bits per heavy atom. The minimum absolute atomic E-state index is 0.378. The predicted octanol–water partition coefficient (Wildman–Crippen LogP) is 5.55. The van der Waals surface area contributed by atoms with E-state index < -0.39 is 0 Å². The lowest BCUT2D eigenvalue weighted by Crippen LogP contribution is -2.46. The molecule has 20 heavy (non-hydrogen) atoms. The van der Waals surface area contributed by atoms with Crippen LogP contribution in [0.15, 0.2) is 0 Å². The number of carbonyl (C=O) groups excluding carboxylic acids is 1. The predicted molar refractivity (Wildman–Crippen MR) is 89.0 cm³/mol. The summed E-state index contributed by atoms with van der Waals surface area (Å²) in [5, 5.41) is 0. The van der Waals surface area contributed by atoms with Crippen LogP contribution in [0.2, 0.25) is 0 Å². The van der Waals surface area contributed by atoms with E-state index in [9.17, 15) is 4.79 Å². The number of amides is 1. The molecule has 1 amide bonds. The van der Waals surface area contributed by atoms with Crippen LogP contribution in [-0.2, 0) is 4.79 Å². The lowest BCUT2D eigenvalue weighted by Gasteiger charge is -2.37. The van der Waals surface area contributed by atoms with Crippen molar-refractivity contribution in [3.8, 4) is 0 Å². The zero-order valence-electron chi connectivity index (χ0n) is 14.6. The van der Waals surface area contributed by atoms with E-state index in [-0.39, 0.29) is 0 Å². The summed E-state index contributed by atoms with van der Waals surface area (Å²) < 4.78 is 0. The van der Waals surface area contributed by atoms with E-state index in [1.54, 1.807) is 0 Å². The van der Waals surface area contributed by atoms with E-state index in [4.69, 9.17) is 0 Å². The fourth-order valence-electron chi connectivity index (χ4n) is 3.07. The van der Waals surface area contributed by atoms with Crippen molar-refractivity contribution in [2.75, 3.05) is 0 Å². The number of carbonyl (C=O) groups is 1. The average molecular weight is 284 g/mol.